The van der Waals surface area contributed by atoms with Gasteiger partial charge in [0, 0.05) is 49.5 Å². The molecule has 14 heteroatoms. The van der Waals surface area contributed by atoms with Crippen molar-refractivity contribution in [2.75, 3.05) is 36.5 Å². The average Bonchev–Trinajstić information content (AvgIpc) is 3.36. The van der Waals surface area contributed by atoms with E-state index in [0.29, 0.717) is 37.7 Å². The summed E-state index contributed by atoms with van der Waals surface area (Å²) in [5.74, 6) is -0.991. The molecule has 4 amide bonds. The summed E-state index contributed by atoms with van der Waals surface area (Å²) in [5, 5.41) is 5.65. The van der Waals surface area contributed by atoms with E-state index in [-0.39, 0.29) is 58.8 Å². The fourth-order valence-electron chi connectivity index (χ4n) is 8.03. The molecule has 3 saturated heterocycles. The SMILES string of the molecule is CC(C)(c1ccc(Oc2ncc(F)c(N3CC4(COC4)C3)n2)cc1)c1ccc(OC2CC(Nc3ccc4c(c3)C(=O)N(C3CCC(=O)NC3=O)C4=O)C2)cc1. The quantitative estimate of drug-likeness (QED) is 0.211. The second kappa shape index (κ2) is 13.1. The Balaban J connectivity index is 0.769. The first-order chi connectivity index (χ1) is 26.4. The molecule has 55 heavy (non-hydrogen) atoms. The molecule has 4 aromatic rings. The minimum Gasteiger partial charge on any atom is -0.490 e. The number of halogens is 1. The van der Waals surface area contributed by atoms with Gasteiger partial charge in [-0.15, -0.1) is 0 Å². The van der Waals surface area contributed by atoms with E-state index in [1.54, 1.807) is 18.2 Å². The number of carbonyl (C=O) groups is 4. The van der Waals surface area contributed by atoms with E-state index in [0.717, 1.165) is 40.8 Å². The number of nitrogens with one attached hydrogen (secondary N) is 2. The first-order valence-corrected chi connectivity index (χ1v) is 18.5. The van der Waals surface area contributed by atoms with E-state index in [1.807, 2.05) is 41.3 Å². The van der Waals surface area contributed by atoms with Crippen LogP contribution in [-0.4, -0.2) is 83.0 Å². The van der Waals surface area contributed by atoms with Gasteiger partial charge in [0.15, 0.2) is 11.6 Å². The van der Waals surface area contributed by atoms with E-state index in [4.69, 9.17) is 14.2 Å². The molecule has 1 unspecified atom stereocenters. The Kier molecular flexibility index (Phi) is 8.33. The third kappa shape index (κ3) is 6.33. The summed E-state index contributed by atoms with van der Waals surface area (Å²) in [6.07, 6.45) is 2.87. The third-order valence-corrected chi connectivity index (χ3v) is 11.4. The molecule has 0 radical (unpaired) electrons. The van der Waals surface area contributed by atoms with Crippen LogP contribution in [0.1, 0.15) is 71.4 Å². The summed E-state index contributed by atoms with van der Waals surface area (Å²) in [5.41, 5.74) is 3.20. The number of aromatic nitrogens is 2. The number of amides is 4. The maximum Gasteiger partial charge on any atom is 0.324 e. The van der Waals surface area contributed by atoms with Crippen LogP contribution in [0.3, 0.4) is 0 Å². The van der Waals surface area contributed by atoms with Gasteiger partial charge in [-0.3, -0.25) is 29.4 Å². The van der Waals surface area contributed by atoms with Gasteiger partial charge in [-0.25, -0.2) is 9.37 Å². The van der Waals surface area contributed by atoms with E-state index in [1.165, 1.54) is 0 Å². The van der Waals surface area contributed by atoms with Crippen molar-refractivity contribution in [2.45, 2.75) is 63.1 Å². The van der Waals surface area contributed by atoms with Gasteiger partial charge < -0.3 is 24.4 Å². The molecular formula is C41H39FN6O7. The van der Waals surface area contributed by atoms with Crippen LogP contribution in [0.4, 0.5) is 15.9 Å². The standard InChI is InChI=1S/C41H39FN6O7/c1-40(2,24-5-10-28(11-6-24)55-39-43-18-32(42)35(46-39)47-19-41(20-47)21-53-22-41)23-3-8-27(9-4-23)54-29-15-26(16-29)44-25-7-12-30-31(17-25)38(52)48(37(30)51)33-13-14-34(49)45-36(33)50/h3-12,17-18,26,29,33,44H,13-16,19-22H2,1-2H3,(H,45,49,50). The molecule has 9 rings (SSSR count). The molecule has 4 aliphatic heterocycles. The Morgan fingerprint density at radius 1 is 0.909 bits per heavy atom. The Hall–Kier alpha value is -5.89. The molecule has 3 aromatic carbocycles. The highest BCUT2D eigenvalue weighted by atomic mass is 19.1. The summed E-state index contributed by atoms with van der Waals surface area (Å²) < 4.78 is 32.0. The molecule has 5 aliphatic rings. The van der Waals surface area contributed by atoms with E-state index < -0.39 is 35.5 Å². The number of imide groups is 2. The van der Waals surface area contributed by atoms with Crippen molar-refractivity contribution in [3.63, 3.8) is 0 Å². The van der Waals surface area contributed by atoms with E-state index >= 15 is 0 Å². The second-order valence-corrected chi connectivity index (χ2v) is 15.7. The number of rotatable bonds is 10. The molecule has 1 aliphatic carbocycles. The van der Waals surface area contributed by atoms with Gasteiger partial charge in [0.05, 0.1) is 36.0 Å². The number of benzene rings is 3. The summed E-state index contributed by atoms with van der Waals surface area (Å²) >= 11 is 0. The fourth-order valence-corrected chi connectivity index (χ4v) is 8.03. The van der Waals surface area contributed by atoms with Gasteiger partial charge in [-0.1, -0.05) is 38.1 Å². The zero-order valence-electron chi connectivity index (χ0n) is 30.3. The normalized spacial score (nSPS) is 22.7. The molecule has 282 valence electrons. The number of fused-ring (bicyclic) bond motifs is 1. The zero-order valence-corrected chi connectivity index (χ0v) is 30.3. The van der Waals surface area contributed by atoms with Crippen molar-refractivity contribution in [1.29, 1.82) is 0 Å². The molecule has 1 aromatic heterocycles. The summed E-state index contributed by atoms with van der Waals surface area (Å²) in [6.45, 7) is 7.13. The molecule has 1 atom stereocenters. The van der Waals surface area contributed by atoms with Crippen molar-refractivity contribution < 1.29 is 37.8 Å². The third-order valence-electron chi connectivity index (χ3n) is 11.4. The lowest BCUT2D eigenvalue weighted by Crippen LogP contribution is -2.66. The highest BCUT2D eigenvalue weighted by Crippen LogP contribution is 2.41. The van der Waals surface area contributed by atoms with Gasteiger partial charge in [-0.05, 0) is 60.0 Å². The maximum absolute atomic E-state index is 14.5. The van der Waals surface area contributed by atoms with Crippen molar-refractivity contribution in [3.05, 3.63) is 101 Å². The van der Waals surface area contributed by atoms with Crippen LogP contribution in [-0.2, 0) is 19.7 Å². The number of piperidine rings is 1. The Labute approximate surface area is 316 Å². The lowest BCUT2D eigenvalue weighted by Gasteiger charge is -2.55. The zero-order chi connectivity index (χ0) is 38.1. The molecular weight excluding hydrogens is 707 g/mol. The Morgan fingerprint density at radius 2 is 1.58 bits per heavy atom. The largest absolute Gasteiger partial charge is 0.490 e. The van der Waals surface area contributed by atoms with Gasteiger partial charge in [0.1, 0.15) is 23.6 Å². The van der Waals surface area contributed by atoms with E-state index in [2.05, 4.69) is 46.6 Å². The van der Waals surface area contributed by atoms with Crippen molar-refractivity contribution in [1.82, 2.24) is 20.2 Å². The van der Waals surface area contributed by atoms with Gasteiger partial charge in [0.25, 0.3) is 11.8 Å². The van der Waals surface area contributed by atoms with Gasteiger partial charge in [-0.2, -0.15) is 4.98 Å². The number of hydrogen-bond donors (Lipinski definition) is 2. The second-order valence-electron chi connectivity index (χ2n) is 15.7. The fraction of sp³-hybridized carbons (Fsp3) is 0.366. The topological polar surface area (TPSA) is 152 Å². The Morgan fingerprint density at radius 3 is 2.24 bits per heavy atom. The first-order valence-electron chi connectivity index (χ1n) is 18.5. The summed E-state index contributed by atoms with van der Waals surface area (Å²) in [7, 11) is 0. The molecule has 4 fully saturated rings. The van der Waals surface area contributed by atoms with Crippen molar-refractivity contribution in [3.8, 4) is 17.5 Å². The van der Waals surface area contributed by atoms with Crippen LogP contribution in [0.25, 0.3) is 0 Å². The lowest BCUT2D eigenvalue weighted by molar-refractivity contribution is -0.136. The molecule has 5 heterocycles. The monoisotopic (exact) mass is 746 g/mol. The molecule has 1 spiro atoms. The highest BCUT2D eigenvalue weighted by molar-refractivity contribution is 6.23. The smallest absolute Gasteiger partial charge is 0.324 e. The number of hydrogen-bond acceptors (Lipinski definition) is 11. The van der Waals surface area contributed by atoms with Crippen LogP contribution in [0.15, 0.2) is 72.9 Å². The number of anilines is 2. The summed E-state index contributed by atoms with van der Waals surface area (Å²) in [6, 6.07) is 20.1. The Bertz CT molecular complexity index is 2210. The van der Waals surface area contributed by atoms with Crippen molar-refractivity contribution >= 4 is 35.1 Å². The number of ether oxygens (including phenoxy) is 3. The number of carbonyl (C=O) groups excluding carboxylic acids is 4. The van der Waals surface area contributed by atoms with Gasteiger partial charge in [0.2, 0.25) is 11.8 Å². The van der Waals surface area contributed by atoms with Crippen molar-refractivity contribution in [2.24, 2.45) is 5.41 Å². The van der Waals surface area contributed by atoms with Gasteiger partial charge >= 0.3 is 6.01 Å². The minimum absolute atomic E-state index is 0.0191. The molecule has 1 saturated carbocycles. The average molecular weight is 747 g/mol. The highest BCUT2D eigenvalue weighted by Gasteiger charge is 2.50. The van der Waals surface area contributed by atoms with Crippen LogP contribution in [0, 0.1) is 11.2 Å². The predicted molar refractivity (Wildman–Crippen MR) is 197 cm³/mol. The van der Waals surface area contributed by atoms with E-state index in [9.17, 15) is 23.6 Å². The number of nitrogens with zero attached hydrogens (tertiary/aromatic N) is 4. The first kappa shape index (κ1) is 34.9. The molecule has 0 bridgehead atoms. The summed E-state index contributed by atoms with van der Waals surface area (Å²) in [4.78, 5) is 61.4. The predicted octanol–water partition coefficient (Wildman–Crippen LogP) is 4.99. The van der Waals surface area contributed by atoms with Crippen LogP contribution in [0.5, 0.6) is 17.5 Å². The van der Waals surface area contributed by atoms with Crippen LogP contribution in [0.2, 0.25) is 0 Å². The van der Waals surface area contributed by atoms with Crippen LogP contribution < -0.4 is 25.0 Å². The van der Waals surface area contributed by atoms with Crippen LogP contribution >= 0.6 is 0 Å². The molecule has 13 nitrogen and oxygen atoms in total. The molecule has 2 N–H and O–H groups in total. The lowest BCUT2D eigenvalue weighted by atomic mass is 9.78. The minimum atomic E-state index is -0.996. The maximum atomic E-state index is 14.5.